The van der Waals surface area contributed by atoms with E-state index in [4.69, 9.17) is 9.47 Å². The van der Waals surface area contributed by atoms with Gasteiger partial charge in [-0.15, -0.1) is 0 Å². The Kier molecular flexibility index (Phi) is 4.34. The van der Waals surface area contributed by atoms with Crippen LogP contribution in [0.5, 0.6) is 0 Å². The molecule has 0 aliphatic carbocycles. The first-order valence-corrected chi connectivity index (χ1v) is 6.87. The van der Waals surface area contributed by atoms with E-state index in [1.807, 2.05) is 0 Å². The molecule has 2 unspecified atom stereocenters. The van der Waals surface area contributed by atoms with Gasteiger partial charge in [0, 0.05) is 12.9 Å². The van der Waals surface area contributed by atoms with E-state index in [2.05, 4.69) is 0 Å². The molecule has 1 fully saturated rings. The molecule has 0 amide bonds. The molecule has 0 saturated carbocycles. The lowest BCUT2D eigenvalue weighted by Crippen LogP contribution is -2.29. The number of sulfone groups is 1. The van der Waals surface area contributed by atoms with E-state index < -0.39 is 15.1 Å². The molecule has 0 spiro atoms. The minimum atomic E-state index is -2.98. The molecular weight excluding hydrogens is 204 g/mol. The van der Waals surface area contributed by atoms with E-state index in [1.54, 1.807) is 6.92 Å². The number of hydrogen-bond donors (Lipinski definition) is 0. The summed E-state index contributed by atoms with van der Waals surface area (Å²) in [5.74, 6) is 0. The molecule has 2 atom stereocenters. The maximum atomic E-state index is 11.1. The molecule has 1 aliphatic rings. The van der Waals surface area contributed by atoms with Gasteiger partial charge in [0.25, 0.3) is 0 Å². The van der Waals surface area contributed by atoms with Crippen LogP contribution in [0.25, 0.3) is 0 Å². The van der Waals surface area contributed by atoms with E-state index in [0.29, 0.717) is 0 Å². The molecule has 0 radical (unpaired) electrons. The predicted octanol–water partition coefficient (Wildman–Crippen LogP) is 0.963. The molecular formula is C9H18O4S. The third-order valence-corrected chi connectivity index (χ3v) is 3.98. The predicted molar refractivity (Wildman–Crippen MR) is 53.8 cm³/mol. The van der Waals surface area contributed by atoms with Gasteiger partial charge in [-0.05, 0) is 26.2 Å². The first kappa shape index (κ1) is 11.9. The average Bonchev–Trinajstić information content (AvgIpc) is 2.14. The Balaban J connectivity index is 2.25. The summed E-state index contributed by atoms with van der Waals surface area (Å²) >= 11 is 0. The quantitative estimate of drug-likeness (QED) is 0.711. The molecule has 0 aromatic heterocycles. The minimum Gasteiger partial charge on any atom is -0.353 e. The zero-order valence-electron chi connectivity index (χ0n) is 8.73. The lowest BCUT2D eigenvalue weighted by Gasteiger charge is -2.23. The molecule has 4 nitrogen and oxygen atoms in total. The average molecular weight is 222 g/mol. The zero-order chi connectivity index (χ0) is 10.6. The van der Waals surface area contributed by atoms with Crippen molar-refractivity contribution in [3.63, 3.8) is 0 Å². The second-order valence-corrected chi connectivity index (χ2v) is 6.23. The molecule has 0 aromatic rings. The van der Waals surface area contributed by atoms with Crippen LogP contribution in [0.1, 0.15) is 26.2 Å². The highest BCUT2D eigenvalue weighted by atomic mass is 32.2. The lowest BCUT2D eigenvalue weighted by molar-refractivity contribution is -0.161. The van der Waals surface area contributed by atoms with Crippen molar-refractivity contribution in [1.82, 2.24) is 0 Å². The Morgan fingerprint density at radius 3 is 2.71 bits per heavy atom. The van der Waals surface area contributed by atoms with Crippen LogP contribution in [0, 0.1) is 0 Å². The normalized spacial score (nSPS) is 26.0. The third kappa shape index (κ3) is 3.94. The first-order valence-electron chi connectivity index (χ1n) is 4.92. The van der Waals surface area contributed by atoms with Gasteiger partial charge in [0.2, 0.25) is 0 Å². The summed E-state index contributed by atoms with van der Waals surface area (Å²) in [5.41, 5.74) is 0. The summed E-state index contributed by atoms with van der Waals surface area (Å²) in [6.07, 6.45) is 4.06. The fourth-order valence-corrected chi connectivity index (χ4v) is 1.53. The van der Waals surface area contributed by atoms with E-state index in [9.17, 15) is 8.42 Å². The fourth-order valence-electron chi connectivity index (χ4n) is 1.21. The minimum absolute atomic E-state index is 0.201. The number of hydrogen-bond acceptors (Lipinski definition) is 4. The fraction of sp³-hybridized carbons (Fsp3) is 1.00. The van der Waals surface area contributed by atoms with Crippen LogP contribution in [-0.2, 0) is 19.3 Å². The summed E-state index contributed by atoms with van der Waals surface area (Å²) < 4.78 is 32.9. The summed E-state index contributed by atoms with van der Waals surface area (Å²) in [7, 11) is -2.98. The second kappa shape index (κ2) is 5.09. The van der Waals surface area contributed by atoms with E-state index in [-0.39, 0.29) is 12.9 Å². The van der Waals surface area contributed by atoms with Crippen molar-refractivity contribution < 1.29 is 17.9 Å². The highest BCUT2D eigenvalue weighted by molar-refractivity contribution is 7.91. The van der Waals surface area contributed by atoms with Crippen molar-refractivity contribution in [2.24, 2.45) is 0 Å². The van der Waals surface area contributed by atoms with Crippen LogP contribution in [0.2, 0.25) is 0 Å². The van der Waals surface area contributed by atoms with Crippen molar-refractivity contribution in [2.45, 2.75) is 37.7 Å². The SMILES string of the molecule is CC(COC1CCCCO1)S(C)(=O)=O. The first-order chi connectivity index (χ1) is 6.50. The van der Waals surface area contributed by atoms with Gasteiger partial charge in [0.1, 0.15) is 0 Å². The van der Waals surface area contributed by atoms with Gasteiger partial charge in [-0.3, -0.25) is 0 Å². The molecule has 1 heterocycles. The molecule has 1 aliphatic heterocycles. The largest absolute Gasteiger partial charge is 0.353 e. The Morgan fingerprint density at radius 2 is 2.21 bits per heavy atom. The molecule has 1 saturated heterocycles. The smallest absolute Gasteiger partial charge is 0.157 e. The zero-order valence-corrected chi connectivity index (χ0v) is 9.55. The monoisotopic (exact) mass is 222 g/mol. The van der Waals surface area contributed by atoms with Crippen molar-refractivity contribution in [3.05, 3.63) is 0 Å². The van der Waals surface area contributed by atoms with Crippen LogP contribution >= 0.6 is 0 Å². The molecule has 1 rings (SSSR count). The topological polar surface area (TPSA) is 52.6 Å². The van der Waals surface area contributed by atoms with Gasteiger partial charge in [0.15, 0.2) is 16.1 Å². The van der Waals surface area contributed by atoms with Crippen LogP contribution in [0.15, 0.2) is 0 Å². The van der Waals surface area contributed by atoms with E-state index in [0.717, 1.165) is 25.9 Å². The number of rotatable bonds is 4. The third-order valence-electron chi connectivity index (χ3n) is 2.39. The lowest BCUT2D eigenvalue weighted by atomic mass is 10.2. The van der Waals surface area contributed by atoms with E-state index >= 15 is 0 Å². The molecule has 0 bridgehead atoms. The van der Waals surface area contributed by atoms with Crippen LogP contribution < -0.4 is 0 Å². The highest BCUT2D eigenvalue weighted by Crippen LogP contribution is 2.14. The van der Waals surface area contributed by atoms with Crippen LogP contribution in [0.4, 0.5) is 0 Å². The summed E-state index contributed by atoms with van der Waals surface area (Å²) in [4.78, 5) is 0. The Labute approximate surface area is 85.5 Å². The van der Waals surface area contributed by atoms with Crippen molar-refractivity contribution in [2.75, 3.05) is 19.5 Å². The molecule has 84 valence electrons. The van der Waals surface area contributed by atoms with Gasteiger partial charge in [-0.25, -0.2) is 8.42 Å². The van der Waals surface area contributed by atoms with Crippen molar-refractivity contribution >= 4 is 9.84 Å². The van der Waals surface area contributed by atoms with E-state index in [1.165, 1.54) is 6.26 Å². The molecule has 0 N–H and O–H groups in total. The van der Waals surface area contributed by atoms with Gasteiger partial charge < -0.3 is 9.47 Å². The van der Waals surface area contributed by atoms with Gasteiger partial charge in [0.05, 0.1) is 11.9 Å². The summed E-state index contributed by atoms with van der Waals surface area (Å²) in [5, 5.41) is -0.451. The van der Waals surface area contributed by atoms with Gasteiger partial charge in [-0.1, -0.05) is 0 Å². The molecule has 5 heteroatoms. The maximum Gasteiger partial charge on any atom is 0.157 e. The Morgan fingerprint density at radius 1 is 1.50 bits per heavy atom. The van der Waals surface area contributed by atoms with Gasteiger partial charge >= 0.3 is 0 Å². The highest BCUT2D eigenvalue weighted by Gasteiger charge is 2.19. The van der Waals surface area contributed by atoms with Crippen LogP contribution in [-0.4, -0.2) is 39.4 Å². The summed E-state index contributed by atoms with van der Waals surface area (Å²) in [6, 6.07) is 0. The van der Waals surface area contributed by atoms with Gasteiger partial charge in [-0.2, -0.15) is 0 Å². The van der Waals surface area contributed by atoms with Crippen molar-refractivity contribution in [3.8, 4) is 0 Å². The second-order valence-electron chi connectivity index (χ2n) is 3.77. The van der Waals surface area contributed by atoms with Crippen LogP contribution in [0.3, 0.4) is 0 Å². The summed E-state index contributed by atoms with van der Waals surface area (Å²) in [6.45, 7) is 2.60. The Bertz CT molecular complexity index is 254. The maximum absolute atomic E-state index is 11.1. The molecule has 0 aromatic carbocycles. The Hall–Kier alpha value is -0.130. The van der Waals surface area contributed by atoms with Crippen molar-refractivity contribution in [1.29, 1.82) is 0 Å². The number of ether oxygens (including phenoxy) is 2. The standard InChI is InChI=1S/C9H18O4S/c1-8(14(2,10)11)7-13-9-5-3-4-6-12-9/h8-9H,3-7H2,1-2H3. The molecule has 14 heavy (non-hydrogen) atoms.